The number of H-pyrrole nitrogens is 1. The Labute approximate surface area is 161 Å². The van der Waals surface area contributed by atoms with Gasteiger partial charge in [-0.25, -0.2) is 9.67 Å². The number of imidazole rings is 1. The van der Waals surface area contributed by atoms with Crippen molar-refractivity contribution in [3.8, 4) is 0 Å². The lowest BCUT2D eigenvalue weighted by Crippen LogP contribution is -2.46. The Morgan fingerprint density at radius 2 is 2.21 bits per heavy atom. The Kier molecular flexibility index (Phi) is 4.58. The normalized spacial score (nSPS) is 16.3. The first-order valence-corrected chi connectivity index (χ1v) is 9.38. The van der Waals surface area contributed by atoms with Crippen LogP contribution in [0, 0.1) is 12.8 Å². The maximum Gasteiger partial charge on any atom is 0.274 e. The fraction of sp³-hybridized carbons (Fsp3) is 0.421. The number of nitrogens with one attached hydrogen (secondary N) is 3. The van der Waals surface area contributed by atoms with Crippen LogP contribution in [0.5, 0.6) is 0 Å². The Morgan fingerprint density at radius 1 is 1.39 bits per heavy atom. The summed E-state index contributed by atoms with van der Waals surface area (Å²) in [4.78, 5) is 32.7. The van der Waals surface area contributed by atoms with Crippen molar-refractivity contribution in [2.45, 2.75) is 46.3 Å². The number of rotatable bonds is 5. The second-order valence-corrected chi connectivity index (χ2v) is 7.66. The quantitative estimate of drug-likeness (QED) is 0.620. The lowest BCUT2D eigenvalue weighted by atomic mass is 10.0. The molecule has 2 aromatic heterocycles. The number of aryl methyl sites for hydroxylation is 1. The molecule has 0 saturated heterocycles. The Hall–Kier alpha value is -3.23. The second kappa shape index (κ2) is 7.06. The number of hydrogen-bond acceptors (Lipinski definition) is 5. The van der Waals surface area contributed by atoms with Crippen molar-refractivity contribution < 1.29 is 9.59 Å². The summed E-state index contributed by atoms with van der Waals surface area (Å²) in [6, 6.07) is 5.91. The topological polar surface area (TPSA) is 118 Å². The van der Waals surface area contributed by atoms with Crippen LogP contribution >= 0.6 is 0 Å². The summed E-state index contributed by atoms with van der Waals surface area (Å²) < 4.78 is 1.52. The third-order valence-electron chi connectivity index (χ3n) is 4.75. The highest BCUT2D eigenvalue weighted by molar-refractivity contribution is 6.05. The summed E-state index contributed by atoms with van der Waals surface area (Å²) in [5, 5.41) is 13.7. The largest absolute Gasteiger partial charge is 0.346 e. The number of amides is 2. The Balaban J connectivity index is 1.47. The summed E-state index contributed by atoms with van der Waals surface area (Å²) in [6.07, 6.45) is 0.845. The molecule has 2 amide bonds. The van der Waals surface area contributed by atoms with Crippen LogP contribution in [0.4, 0.5) is 0 Å². The first-order valence-electron chi connectivity index (χ1n) is 9.38. The van der Waals surface area contributed by atoms with Crippen molar-refractivity contribution in [3.05, 3.63) is 41.0 Å². The Bertz CT molecular complexity index is 1050. The van der Waals surface area contributed by atoms with Crippen LogP contribution in [0.2, 0.25) is 0 Å². The molecule has 3 heterocycles. The zero-order chi connectivity index (χ0) is 19.8. The summed E-state index contributed by atoms with van der Waals surface area (Å²) in [6.45, 7) is 6.93. The van der Waals surface area contributed by atoms with Gasteiger partial charge in [-0.1, -0.05) is 25.1 Å². The van der Waals surface area contributed by atoms with Gasteiger partial charge in [0.2, 0.25) is 0 Å². The zero-order valence-electron chi connectivity index (χ0n) is 16.1. The maximum absolute atomic E-state index is 12.6. The van der Waals surface area contributed by atoms with Gasteiger partial charge in [-0.15, -0.1) is 5.10 Å². The van der Waals surface area contributed by atoms with Crippen LogP contribution in [0.3, 0.4) is 0 Å². The number of fused-ring (bicyclic) bond motifs is 2. The van der Waals surface area contributed by atoms with E-state index in [4.69, 9.17) is 0 Å². The van der Waals surface area contributed by atoms with E-state index in [1.165, 1.54) is 4.68 Å². The van der Waals surface area contributed by atoms with Gasteiger partial charge in [-0.3, -0.25) is 9.59 Å². The van der Waals surface area contributed by atoms with Crippen LogP contribution < -0.4 is 10.6 Å². The number of carbonyl (C=O) groups is 2. The van der Waals surface area contributed by atoms with E-state index in [0.717, 1.165) is 23.0 Å². The molecular formula is C19H23N7O2. The molecule has 0 fully saturated rings. The van der Waals surface area contributed by atoms with Gasteiger partial charge >= 0.3 is 0 Å². The van der Waals surface area contributed by atoms with E-state index in [1.54, 1.807) is 0 Å². The van der Waals surface area contributed by atoms with Gasteiger partial charge < -0.3 is 15.6 Å². The van der Waals surface area contributed by atoms with E-state index < -0.39 is 5.91 Å². The average Bonchev–Trinajstić information content (AvgIpc) is 3.22. The molecule has 0 spiro atoms. The van der Waals surface area contributed by atoms with Gasteiger partial charge in [0.15, 0.2) is 11.4 Å². The monoisotopic (exact) mass is 381 g/mol. The zero-order valence-corrected chi connectivity index (χ0v) is 16.1. The number of aromatic nitrogens is 5. The third kappa shape index (κ3) is 3.47. The van der Waals surface area contributed by atoms with Gasteiger partial charge in [0.1, 0.15) is 5.82 Å². The van der Waals surface area contributed by atoms with E-state index in [1.807, 2.05) is 25.1 Å². The van der Waals surface area contributed by atoms with Crippen LogP contribution in [0.25, 0.3) is 11.0 Å². The molecule has 9 heteroatoms. The molecule has 1 unspecified atom stereocenters. The van der Waals surface area contributed by atoms with E-state index >= 15 is 0 Å². The highest BCUT2D eigenvalue weighted by Gasteiger charge is 2.32. The molecule has 146 valence electrons. The Morgan fingerprint density at radius 3 is 3.00 bits per heavy atom. The minimum atomic E-state index is -0.449. The van der Waals surface area contributed by atoms with Crippen LogP contribution in [0.1, 0.15) is 52.6 Å². The SMILES string of the molecule is Cc1ccc2nc(CNC(=O)c3nnn4c3C(=O)NC(CC(C)C)C4)[nH]c2c1. The van der Waals surface area contributed by atoms with Crippen LogP contribution in [0.15, 0.2) is 18.2 Å². The van der Waals surface area contributed by atoms with Gasteiger partial charge in [0.25, 0.3) is 11.8 Å². The number of benzene rings is 1. The van der Waals surface area contributed by atoms with Crippen LogP contribution in [-0.2, 0) is 13.1 Å². The maximum atomic E-state index is 12.6. The van der Waals surface area contributed by atoms with Crippen molar-refractivity contribution in [2.75, 3.05) is 0 Å². The molecule has 0 radical (unpaired) electrons. The first-order chi connectivity index (χ1) is 13.4. The van der Waals surface area contributed by atoms with Gasteiger partial charge in [0.05, 0.1) is 24.1 Å². The molecule has 1 atom stereocenters. The highest BCUT2D eigenvalue weighted by Crippen LogP contribution is 2.17. The molecule has 0 aliphatic carbocycles. The number of hydrogen-bond donors (Lipinski definition) is 3. The van der Waals surface area contributed by atoms with E-state index in [-0.39, 0.29) is 29.9 Å². The lowest BCUT2D eigenvalue weighted by Gasteiger charge is -2.25. The highest BCUT2D eigenvalue weighted by atomic mass is 16.2. The van der Waals surface area contributed by atoms with E-state index in [9.17, 15) is 9.59 Å². The first kappa shape index (κ1) is 18.1. The molecule has 9 nitrogen and oxygen atoms in total. The minimum Gasteiger partial charge on any atom is -0.346 e. The standard InChI is InChI=1S/C19H23N7O2/c1-10(2)6-12-9-26-17(19(28)21-12)16(24-25-26)18(27)20-8-15-22-13-5-4-11(3)7-14(13)23-15/h4-5,7,10,12H,6,8-9H2,1-3H3,(H,20,27)(H,21,28)(H,22,23). The summed E-state index contributed by atoms with van der Waals surface area (Å²) in [5.41, 5.74) is 3.13. The predicted octanol–water partition coefficient (Wildman–Crippen LogP) is 1.55. The average molecular weight is 381 g/mol. The second-order valence-electron chi connectivity index (χ2n) is 7.66. The molecular weight excluding hydrogens is 358 g/mol. The molecule has 1 aliphatic rings. The smallest absolute Gasteiger partial charge is 0.274 e. The summed E-state index contributed by atoms with van der Waals surface area (Å²) in [7, 11) is 0. The van der Waals surface area contributed by atoms with Crippen molar-refractivity contribution in [1.29, 1.82) is 0 Å². The minimum absolute atomic E-state index is 0.00313. The molecule has 1 aromatic carbocycles. The van der Waals surface area contributed by atoms with Crippen LogP contribution in [-0.4, -0.2) is 42.8 Å². The van der Waals surface area contributed by atoms with Crippen molar-refractivity contribution in [3.63, 3.8) is 0 Å². The fourth-order valence-electron chi connectivity index (χ4n) is 3.54. The number of nitrogens with zero attached hydrogens (tertiary/aromatic N) is 4. The summed E-state index contributed by atoms with van der Waals surface area (Å²) in [5.74, 6) is 0.323. The lowest BCUT2D eigenvalue weighted by molar-refractivity contribution is 0.0869. The van der Waals surface area contributed by atoms with Gasteiger partial charge in [-0.05, 0) is 37.0 Å². The van der Waals surface area contributed by atoms with E-state index in [0.29, 0.717) is 18.3 Å². The fourth-order valence-corrected chi connectivity index (χ4v) is 3.54. The molecule has 0 saturated carbocycles. The number of carbonyl (C=O) groups excluding carboxylic acids is 2. The summed E-state index contributed by atoms with van der Waals surface area (Å²) >= 11 is 0. The molecule has 3 N–H and O–H groups in total. The predicted molar refractivity (Wildman–Crippen MR) is 103 cm³/mol. The van der Waals surface area contributed by atoms with Gasteiger partial charge in [0, 0.05) is 6.04 Å². The van der Waals surface area contributed by atoms with Gasteiger partial charge in [-0.2, -0.15) is 0 Å². The van der Waals surface area contributed by atoms with Crippen molar-refractivity contribution >= 4 is 22.8 Å². The molecule has 1 aliphatic heterocycles. The number of aromatic amines is 1. The van der Waals surface area contributed by atoms with E-state index in [2.05, 4.69) is 44.8 Å². The van der Waals surface area contributed by atoms with Crippen molar-refractivity contribution in [1.82, 2.24) is 35.6 Å². The molecule has 28 heavy (non-hydrogen) atoms. The molecule has 0 bridgehead atoms. The van der Waals surface area contributed by atoms with Crippen molar-refractivity contribution in [2.24, 2.45) is 5.92 Å². The third-order valence-corrected chi connectivity index (χ3v) is 4.75. The molecule has 3 aromatic rings. The molecule has 4 rings (SSSR count).